The second-order valence-electron chi connectivity index (χ2n) is 9.22. The van der Waals surface area contributed by atoms with E-state index in [1.54, 1.807) is 35.6 Å². The van der Waals surface area contributed by atoms with Gasteiger partial charge in [-0.1, -0.05) is 0 Å². The summed E-state index contributed by atoms with van der Waals surface area (Å²) < 4.78 is 38.1. The Bertz CT molecular complexity index is 1130. The number of aromatic nitrogens is 1. The molecular weight excluding hydrogens is 486 g/mol. The van der Waals surface area contributed by atoms with E-state index in [1.165, 1.54) is 15.4 Å². The molecule has 2 atom stereocenters. The molecule has 0 spiro atoms. The van der Waals surface area contributed by atoms with Crippen molar-refractivity contribution in [3.8, 4) is 11.8 Å². The first-order valence-electron chi connectivity index (χ1n) is 11.8. The summed E-state index contributed by atoms with van der Waals surface area (Å²) in [6.45, 7) is 9.97. The molecule has 0 N–H and O–H groups in total. The number of sulfonamides is 1. The summed E-state index contributed by atoms with van der Waals surface area (Å²) >= 11 is 1.77. The summed E-state index contributed by atoms with van der Waals surface area (Å²) in [6, 6.07) is 8.86. The molecule has 0 saturated carbocycles. The van der Waals surface area contributed by atoms with Crippen LogP contribution in [0, 0.1) is 25.2 Å². The van der Waals surface area contributed by atoms with E-state index in [0.717, 1.165) is 43.4 Å². The second kappa shape index (κ2) is 11.3. The first kappa shape index (κ1) is 26.0. The normalized spacial score (nSPS) is 21.2. The van der Waals surface area contributed by atoms with E-state index in [1.807, 2.05) is 6.92 Å². The zero-order chi connectivity index (χ0) is 25.0. The standard InChI is InChI=1S/C24H33N5O4S2/c1-18-24(34-19(2)26-18)17-28-15-22-13-27(14-23(16-28)33-22)8-9-29(35(3,30)31)10-11-32-21-6-4-20(12-25)5-7-21/h4-7,22-23H,8-11,13-17H2,1-3H3. The van der Waals surface area contributed by atoms with E-state index < -0.39 is 10.0 Å². The van der Waals surface area contributed by atoms with Crippen molar-refractivity contribution in [3.63, 3.8) is 0 Å². The first-order valence-corrected chi connectivity index (χ1v) is 14.5. The molecule has 0 amide bonds. The fraction of sp³-hybridized carbons (Fsp3) is 0.583. The van der Waals surface area contributed by atoms with Crippen LogP contribution in [0.3, 0.4) is 0 Å². The highest BCUT2D eigenvalue weighted by Crippen LogP contribution is 2.24. The smallest absolute Gasteiger partial charge is 0.211 e. The highest BCUT2D eigenvalue weighted by atomic mass is 32.2. The van der Waals surface area contributed by atoms with Crippen LogP contribution in [0.15, 0.2) is 24.3 Å². The lowest BCUT2D eigenvalue weighted by molar-refractivity contribution is -0.140. The number of nitriles is 1. The van der Waals surface area contributed by atoms with Crippen LogP contribution in [0.5, 0.6) is 5.75 Å². The number of ether oxygens (including phenoxy) is 2. The maximum absolute atomic E-state index is 12.4. The van der Waals surface area contributed by atoms with Gasteiger partial charge < -0.3 is 9.47 Å². The minimum absolute atomic E-state index is 0.128. The Hall–Kier alpha value is -2.07. The summed E-state index contributed by atoms with van der Waals surface area (Å²) in [4.78, 5) is 10.6. The minimum Gasteiger partial charge on any atom is -0.492 e. The van der Waals surface area contributed by atoms with Crippen molar-refractivity contribution in [1.29, 1.82) is 5.26 Å². The Labute approximate surface area is 211 Å². The predicted octanol–water partition coefficient (Wildman–Crippen LogP) is 1.86. The lowest BCUT2D eigenvalue weighted by Crippen LogP contribution is -2.60. The Morgan fingerprint density at radius 3 is 2.37 bits per heavy atom. The van der Waals surface area contributed by atoms with Crippen molar-refractivity contribution in [2.45, 2.75) is 32.6 Å². The molecule has 2 unspecified atom stereocenters. The molecule has 3 heterocycles. The molecular formula is C24H33N5O4S2. The number of aryl methyl sites for hydroxylation is 2. The molecule has 190 valence electrons. The molecule has 35 heavy (non-hydrogen) atoms. The van der Waals surface area contributed by atoms with Gasteiger partial charge in [0.2, 0.25) is 10.0 Å². The van der Waals surface area contributed by atoms with Crippen LogP contribution in [0.1, 0.15) is 21.1 Å². The monoisotopic (exact) mass is 519 g/mol. The number of hydrogen-bond donors (Lipinski definition) is 0. The zero-order valence-electron chi connectivity index (χ0n) is 20.5. The van der Waals surface area contributed by atoms with Crippen molar-refractivity contribution < 1.29 is 17.9 Å². The third-order valence-electron chi connectivity index (χ3n) is 6.33. The molecule has 0 radical (unpaired) electrons. The molecule has 2 aliphatic heterocycles. The average Bonchev–Trinajstić information content (AvgIpc) is 3.11. The van der Waals surface area contributed by atoms with E-state index >= 15 is 0 Å². The van der Waals surface area contributed by atoms with Crippen molar-refractivity contribution >= 4 is 21.4 Å². The average molecular weight is 520 g/mol. The quantitative estimate of drug-likeness (QED) is 0.469. The van der Waals surface area contributed by atoms with Gasteiger partial charge in [0.25, 0.3) is 0 Å². The van der Waals surface area contributed by atoms with Gasteiger partial charge in [0.1, 0.15) is 12.4 Å². The second-order valence-corrected chi connectivity index (χ2v) is 12.5. The van der Waals surface area contributed by atoms with Crippen LogP contribution in [-0.4, -0.2) is 98.4 Å². The first-order chi connectivity index (χ1) is 16.7. The molecule has 9 nitrogen and oxygen atoms in total. The number of thiazole rings is 1. The van der Waals surface area contributed by atoms with Crippen LogP contribution < -0.4 is 4.74 Å². The van der Waals surface area contributed by atoms with Gasteiger partial charge in [-0.25, -0.2) is 13.4 Å². The van der Waals surface area contributed by atoms with Crippen molar-refractivity contribution in [2.75, 3.05) is 58.7 Å². The number of nitrogens with zero attached hydrogens (tertiary/aromatic N) is 5. The fourth-order valence-corrected chi connectivity index (χ4v) is 6.48. The van der Waals surface area contributed by atoms with E-state index in [4.69, 9.17) is 14.7 Å². The van der Waals surface area contributed by atoms with Crippen molar-refractivity contribution in [3.05, 3.63) is 45.4 Å². The van der Waals surface area contributed by atoms with E-state index in [0.29, 0.717) is 24.4 Å². The van der Waals surface area contributed by atoms with Crippen molar-refractivity contribution in [1.82, 2.24) is 19.1 Å². The van der Waals surface area contributed by atoms with Gasteiger partial charge in [-0.3, -0.25) is 9.80 Å². The molecule has 1 aromatic heterocycles. The van der Waals surface area contributed by atoms with Gasteiger partial charge in [-0.2, -0.15) is 9.57 Å². The number of hydrogen-bond acceptors (Lipinski definition) is 9. The molecule has 0 aliphatic carbocycles. The fourth-order valence-electron chi connectivity index (χ4n) is 4.68. The molecule has 2 saturated heterocycles. The lowest BCUT2D eigenvalue weighted by atomic mass is 10.1. The number of fused-ring (bicyclic) bond motifs is 2. The third kappa shape index (κ3) is 7.22. The Morgan fingerprint density at radius 2 is 1.80 bits per heavy atom. The van der Waals surface area contributed by atoms with Gasteiger partial charge >= 0.3 is 0 Å². The maximum atomic E-state index is 12.4. The van der Waals surface area contributed by atoms with E-state index in [2.05, 4.69) is 27.8 Å². The molecule has 2 aromatic rings. The van der Waals surface area contributed by atoms with Gasteiger partial charge in [0, 0.05) is 57.2 Å². The maximum Gasteiger partial charge on any atom is 0.211 e. The number of benzene rings is 1. The van der Waals surface area contributed by atoms with Crippen LogP contribution >= 0.6 is 11.3 Å². The molecule has 2 bridgehead atoms. The highest BCUT2D eigenvalue weighted by Gasteiger charge is 2.35. The van der Waals surface area contributed by atoms with Crippen LogP contribution in [0.2, 0.25) is 0 Å². The van der Waals surface area contributed by atoms with Crippen LogP contribution in [-0.2, 0) is 21.3 Å². The molecule has 11 heteroatoms. The van der Waals surface area contributed by atoms with E-state index in [9.17, 15) is 8.42 Å². The molecule has 4 rings (SSSR count). The zero-order valence-corrected chi connectivity index (χ0v) is 22.1. The Morgan fingerprint density at radius 1 is 1.14 bits per heavy atom. The lowest BCUT2D eigenvalue weighted by Gasteiger charge is -2.46. The predicted molar refractivity (Wildman–Crippen MR) is 135 cm³/mol. The SMILES string of the molecule is Cc1nc(C)c(CN2CC3CN(CCN(CCOc4ccc(C#N)cc4)S(C)(=O)=O)CC(C2)O3)s1. The topological polar surface area (TPSA) is 99.0 Å². The summed E-state index contributed by atoms with van der Waals surface area (Å²) in [6.07, 6.45) is 1.50. The number of morpholine rings is 2. The van der Waals surface area contributed by atoms with Crippen LogP contribution in [0.25, 0.3) is 0 Å². The third-order valence-corrected chi connectivity index (χ3v) is 8.69. The summed E-state index contributed by atoms with van der Waals surface area (Å²) in [5.74, 6) is 0.617. The Kier molecular flexibility index (Phi) is 8.42. The van der Waals surface area contributed by atoms with Gasteiger partial charge in [-0.05, 0) is 38.1 Å². The van der Waals surface area contributed by atoms with Gasteiger partial charge in [-0.15, -0.1) is 11.3 Å². The summed E-state index contributed by atoms with van der Waals surface area (Å²) in [5.41, 5.74) is 1.68. The van der Waals surface area contributed by atoms with Gasteiger partial charge in [0.15, 0.2) is 0 Å². The highest BCUT2D eigenvalue weighted by molar-refractivity contribution is 7.88. The van der Waals surface area contributed by atoms with Crippen LogP contribution in [0.4, 0.5) is 0 Å². The van der Waals surface area contributed by atoms with E-state index in [-0.39, 0.29) is 25.4 Å². The van der Waals surface area contributed by atoms with Crippen molar-refractivity contribution in [2.24, 2.45) is 0 Å². The number of rotatable bonds is 10. The molecule has 2 aliphatic rings. The van der Waals surface area contributed by atoms with Gasteiger partial charge in [0.05, 0.1) is 40.8 Å². The largest absolute Gasteiger partial charge is 0.492 e. The summed E-state index contributed by atoms with van der Waals surface area (Å²) in [5, 5.41) is 10.00. The molecule has 2 fully saturated rings. The molecule has 1 aromatic carbocycles. The minimum atomic E-state index is -3.36. The summed E-state index contributed by atoms with van der Waals surface area (Å²) in [7, 11) is -3.36. The Balaban J connectivity index is 1.25.